The topological polar surface area (TPSA) is 63.4 Å². The lowest BCUT2D eigenvalue weighted by atomic mass is 9.79. The van der Waals surface area contributed by atoms with Gasteiger partial charge in [0.15, 0.2) is 0 Å². The summed E-state index contributed by atoms with van der Waals surface area (Å²) in [5, 5.41) is 20.6. The van der Waals surface area contributed by atoms with E-state index in [4.69, 9.17) is 0 Å². The fourth-order valence-corrected chi connectivity index (χ4v) is 4.77. The first kappa shape index (κ1) is 21.1. The molecular weight excluding hydrogens is 386 g/mol. The Hall–Kier alpha value is -3.14. The van der Waals surface area contributed by atoms with E-state index in [1.807, 2.05) is 24.3 Å². The Kier molecular flexibility index (Phi) is 6.36. The van der Waals surface area contributed by atoms with Crippen molar-refractivity contribution in [3.63, 3.8) is 0 Å². The molecule has 0 spiro atoms. The van der Waals surface area contributed by atoms with E-state index in [1.54, 1.807) is 24.3 Å². The van der Waals surface area contributed by atoms with E-state index in [1.165, 1.54) is 54.4 Å². The van der Waals surface area contributed by atoms with E-state index in [-0.39, 0.29) is 10.6 Å². The molecule has 3 aromatic rings. The van der Waals surface area contributed by atoms with E-state index in [0.717, 1.165) is 12.0 Å². The van der Waals surface area contributed by atoms with Gasteiger partial charge in [0.05, 0.1) is 4.92 Å². The summed E-state index contributed by atoms with van der Waals surface area (Å²) < 4.78 is 0. The molecule has 1 aliphatic rings. The molecule has 1 N–H and O–H groups in total. The molecule has 0 aromatic heterocycles. The molecule has 0 heterocycles. The summed E-state index contributed by atoms with van der Waals surface area (Å²) in [5.74, 6) is 1.20. The number of aromatic hydroxyl groups is 1. The van der Waals surface area contributed by atoms with Gasteiger partial charge in [0.2, 0.25) is 0 Å². The Morgan fingerprint density at radius 2 is 1.65 bits per heavy atom. The average Bonchev–Trinajstić information content (AvgIpc) is 2.81. The molecule has 0 saturated heterocycles. The number of phenols is 1. The van der Waals surface area contributed by atoms with Crippen molar-refractivity contribution in [1.82, 2.24) is 0 Å². The first-order valence-corrected chi connectivity index (χ1v) is 11.2. The van der Waals surface area contributed by atoms with Crippen molar-refractivity contribution in [3.05, 3.63) is 93.5 Å². The minimum atomic E-state index is -0.347. The zero-order chi connectivity index (χ0) is 21.8. The molecule has 160 valence electrons. The zero-order valence-electron chi connectivity index (χ0n) is 18.0. The summed E-state index contributed by atoms with van der Waals surface area (Å²) in [6.07, 6.45) is 7.16. The van der Waals surface area contributed by atoms with Gasteiger partial charge in [-0.25, -0.2) is 0 Å². The van der Waals surface area contributed by atoms with Crippen molar-refractivity contribution >= 4 is 5.69 Å². The Bertz CT molecular complexity index is 1040. The summed E-state index contributed by atoms with van der Waals surface area (Å²) in [6, 6.07) is 21.2. The molecule has 4 heteroatoms. The Balaban J connectivity index is 1.66. The highest BCUT2D eigenvalue weighted by atomic mass is 16.6. The molecular formula is C27H29NO3. The third-order valence-electron chi connectivity index (χ3n) is 6.56. The molecule has 0 amide bonds. The van der Waals surface area contributed by atoms with Crippen LogP contribution in [0.15, 0.2) is 66.7 Å². The van der Waals surface area contributed by atoms with Crippen LogP contribution in [-0.4, -0.2) is 10.0 Å². The van der Waals surface area contributed by atoms with Crippen LogP contribution in [0.25, 0.3) is 11.1 Å². The number of benzene rings is 3. The second kappa shape index (κ2) is 9.34. The number of rotatable bonds is 6. The molecule has 1 saturated carbocycles. The number of hydrogen-bond acceptors (Lipinski definition) is 3. The average molecular weight is 416 g/mol. The summed E-state index contributed by atoms with van der Waals surface area (Å²) in [5.41, 5.74) is 6.28. The van der Waals surface area contributed by atoms with E-state index in [0.29, 0.717) is 17.6 Å². The minimum Gasteiger partial charge on any atom is -0.508 e. The summed E-state index contributed by atoms with van der Waals surface area (Å²) in [7, 11) is 0. The van der Waals surface area contributed by atoms with Gasteiger partial charge in [0, 0.05) is 12.1 Å². The monoisotopic (exact) mass is 415 g/mol. The van der Waals surface area contributed by atoms with Crippen LogP contribution in [0.4, 0.5) is 5.69 Å². The second-order valence-electron chi connectivity index (χ2n) is 8.76. The maximum atomic E-state index is 11.0. The van der Waals surface area contributed by atoms with Crippen LogP contribution in [-0.2, 0) is 6.42 Å². The molecule has 0 bridgehead atoms. The SMILES string of the molecule is CC(Cc1ccc(O)cc1)c1ccc(-c2ccc([N+](=O)[O-])cc2)c(C2CCCCC2)c1. The van der Waals surface area contributed by atoms with Crippen LogP contribution >= 0.6 is 0 Å². The quantitative estimate of drug-likeness (QED) is 0.338. The van der Waals surface area contributed by atoms with Crippen LogP contribution in [0.2, 0.25) is 0 Å². The van der Waals surface area contributed by atoms with Crippen LogP contribution in [0, 0.1) is 10.1 Å². The minimum absolute atomic E-state index is 0.127. The molecule has 0 radical (unpaired) electrons. The lowest BCUT2D eigenvalue weighted by Gasteiger charge is -2.26. The first-order valence-electron chi connectivity index (χ1n) is 11.2. The number of nitro groups is 1. The van der Waals surface area contributed by atoms with Gasteiger partial charge in [0.1, 0.15) is 5.75 Å². The standard InChI is InChI=1S/C27H29NO3/c1-19(17-20-7-14-25(29)15-8-20)23-11-16-26(22-9-12-24(13-10-22)28(30)31)27(18-23)21-5-3-2-4-6-21/h7-16,18-19,21,29H,2-6,17H2,1H3. The van der Waals surface area contributed by atoms with Crippen LogP contribution < -0.4 is 0 Å². The molecule has 0 aliphatic heterocycles. The van der Waals surface area contributed by atoms with Crippen molar-refractivity contribution in [2.45, 2.75) is 57.3 Å². The lowest BCUT2D eigenvalue weighted by molar-refractivity contribution is -0.384. The predicted octanol–water partition coefficient (Wildman–Crippen LogP) is 7.36. The summed E-state index contributed by atoms with van der Waals surface area (Å²) in [6.45, 7) is 2.25. The highest BCUT2D eigenvalue weighted by Gasteiger charge is 2.21. The van der Waals surface area contributed by atoms with Crippen LogP contribution in [0.5, 0.6) is 5.75 Å². The maximum absolute atomic E-state index is 11.0. The van der Waals surface area contributed by atoms with Crippen molar-refractivity contribution in [3.8, 4) is 16.9 Å². The Morgan fingerprint density at radius 1 is 0.968 bits per heavy atom. The molecule has 1 atom stereocenters. The molecule has 4 nitrogen and oxygen atoms in total. The summed E-state index contributed by atoms with van der Waals surface area (Å²) >= 11 is 0. The predicted molar refractivity (Wildman–Crippen MR) is 125 cm³/mol. The number of nitrogens with zero attached hydrogens (tertiary/aromatic N) is 1. The molecule has 31 heavy (non-hydrogen) atoms. The molecule has 4 rings (SSSR count). The molecule has 1 fully saturated rings. The number of hydrogen-bond donors (Lipinski definition) is 1. The largest absolute Gasteiger partial charge is 0.508 e. The third-order valence-corrected chi connectivity index (χ3v) is 6.56. The first-order chi connectivity index (χ1) is 15.0. The smallest absolute Gasteiger partial charge is 0.269 e. The normalized spacial score (nSPS) is 15.5. The highest BCUT2D eigenvalue weighted by molar-refractivity contribution is 5.70. The van der Waals surface area contributed by atoms with Crippen molar-refractivity contribution in [2.24, 2.45) is 0 Å². The van der Waals surface area contributed by atoms with Gasteiger partial charge in [-0.3, -0.25) is 10.1 Å². The lowest BCUT2D eigenvalue weighted by Crippen LogP contribution is -2.08. The molecule has 3 aromatic carbocycles. The van der Waals surface area contributed by atoms with Gasteiger partial charge in [-0.15, -0.1) is 0 Å². The van der Waals surface area contributed by atoms with Crippen LogP contribution in [0.3, 0.4) is 0 Å². The third kappa shape index (κ3) is 4.96. The van der Waals surface area contributed by atoms with Gasteiger partial charge in [0.25, 0.3) is 5.69 Å². The Morgan fingerprint density at radius 3 is 2.29 bits per heavy atom. The van der Waals surface area contributed by atoms with Crippen LogP contribution in [0.1, 0.15) is 67.6 Å². The fraction of sp³-hybridized carbons (Fsp3) is 0.333. The number of non-ortho nitro benzene ring substituents is 1. The van der Waals surface area contributed by atoms with E-state index >= 15 is 0 Å². The summed E-state index contributed by atoms with van der Waals surface area (Å²) in [4.78, 5) is 10.7. The second-order valence-corrected chi connectivity index (χ2v) is 8.76. The van der Waals surface area contributed by atoms with E-state index in [2.05, 4.69) is 25.1 Å². The van der Waals surface area contributed by atoms with E-state index < -0.39 is 0 Å². The van der Waals surface area contributed by atoms with Gasteiger partial charge in [-0.2, -0.15) is 0 Å². The van der Waals surface area contributed by atoms with Gasteiger partial charge in [-0.1, -0.05) is 56.5 Å². The fourth-order valence-electron chi connectivity index (χ4n) is 4.77. The van der Waals surface area contributed by atoms with Crippen molar-refractivity contribution in [1.29, 1.82) is 0 Å². The zero-order valence-corrected chi connectivity index (χ0v) is 18.0. The van der Waals surface area contributed by atoms with Crippen molar-refractivity contribution in [2.75, 3.05) is 0 Å². The van der Waals surface area contributed by atoms with Gasteiger partial charge in [-0.05, 0) is 83.2 Å². The van der Waals surface area contributed by atoms with Gasteiger partial charge < -0.3 is 5.11 Å². The Labute approximate surface area is 183 Å². The number of nitro benzene ring substituents is 1. The maximum Gasteiger partial charge on any atom is 0.269 e. The van der Waals surface area contributed by atoms with Crippen molar-refractivity contribution < 1.29 is 10.0 Å². The number of phenolic OH excluding ortho intramolecular Hbond substituents is 1. The molecule has 1 unspecified atom stereocenters. The highest BCUT2D eigenvalue weighted by Crippen LogP contribution is 2.40. The molecule has 1 aliphatic carbocycles. The van der Waals surface area contributed by atoms with E-state index in [9.17, 15) is 15.2 Å². The van der Waals surface area contributed by atoms with Gasteiger partial charge >= 0.3 is 0 Å².